The molecular weight excluding hydrogens is 405 g/mol. The summed E-state index contributed by atoms with van der Waals surface area (Å²) in [5.41, 5.74) is 3.49. The van der Waals surface area contributed by atoms with E-state index in [0.29, 0.717) is 41.7 Å². The Morgan fingerprint density at radius 3 is 2.80 bits per heavy atom. The summed E-state index contributed by atoms with van der Waals surface area (Å²) in [5, 5.41) is 4.76. The third-order valence-corrected chi connectivity index (χ3v) is 4.91. The predicted octanol–water partition coefficient (Wildman–Crippen LogP) is 5.09. The number of benzene rings is 2. The van der Waals surface area contributed by atoms with Crippen molar-refractivity contribution >= 4 is 22.9 Å². The van der Waals surface area contributed by atoms with Crippen LogP contribution in [0.5, 0.6) is 5.75 Å². The summed E-state index contributed by atoms with van der Waals surface area (Å²) in [6, 6.07) is 13.5. The highest BCUT2D eigenvalue weighted by atomic mass is 32.1. The molecule has 152 valence electrons. The van der Waals surface area contributed by atoms with Gasteiger partial charge in [-0.2, -0.15) is 0 Å². The number of halogens is 1. The second-order valence-electron chi connectivity index (χ2n) is 6.41. The Morgan fingerprint density at radius 2 is 1.97 bits per heavy atom. The van der Waals surface area contributed by atoms with Crippen LogP contribution in [0.25, 0.3) is 11.3 Å². The van der Waals surface area contributed by atoms with Gasteiger partial charge in [0, 0.05) is 18.2 Å². The number of carbonyl (C=O) groups excluding carboxylic acids is 1. The van der Waals surface area contributed by atoms with Crippen LogP contribution in [-0.4, -0.2) is 15.9 Å². The first-order valence-electron chi connectivity index (χ1n) is 9.27. The van der Waals surface area contributed by atoms with Crippen molar-refractivity contribution in [2.24, 2.45) is 0 Å². The average molecular weight is 423 g/mol. The number of hydrogen-bond donors (Lipinski definition) is 1. The van der Waals surface area contributed by atoms with Crippen molar-refractivity contribution in [3.63, 3.8) is 0 Å². The Labute approximate surface area is 176 Å². The van der Waals surface area contributed by atoms with Crippen molar-refractivity contribution < 1.29 is 18.3 Å². The maximum Gasteiger partial charge on any atom is 0.224 e. The van der Waals surface area contributed by atoms with Crippen molar-refractivity contribution in [3.05, 3.63) is 83.0 Å². The van der Waals surface area contributed by atoms with Gasteiger partial charge in [-0.15, -0.1) is 11.3 Å². The molecule has 0 saturated heterocycles. The molecule has 0 atom stereocenters. The lowest BCUT2D eigenvalue weighted by Crippen LogP contribution is -2.13. The molecule has 0 bridgehead atoms. The van der Waals surface area contributed by atoms with Gasteiger partial charge in [0.15, 0.2) is 11.7 Å². The summed E-state index contributed by atoms with van der Waals surface area (Å²) in [4.78, 5) is 20.7. The predicted molar refractivity (Wildman–Crippen MR) is 112 cm³/mol. The first kappa shape index (κ1) is 19.8. The number of thiazole rings is 1. The molecule has 0 fully saturated rings. The molecule has 0 aliphatic carbocycles. The largest absolute Gasteiger partial charge is 0.485 e. The molecule has 0 unspecified atom stereocenters. The van der Waals surface area contributed by atoms with Crippen LogP contribution in [0.1, 0.15) is 18.0 Å². The summed E-state index contributed by atoms with van der Waals surface area (Å²) < 4.78 is 25.2. The zero-order valence-electron chi connectivity index (χ0n) is 15.9. The fourth-order valence-electron chi connectivity index (χ4n) is 2.80. The number of rotatable bonds is 8. The highest BCUT2D eigenvalue weighted by molar-refractivity contribution is 7.07. The van der Waals surface area contributed by atoms with Gasteiger partial charge in [0.1, 0.15) is 18.2 Å². The van der Waals surface area contributed by atoms with Gasteiger partial charge < -0.3 is 14.5 Å². The first-order chi connectivity index (χ1) is 14.7. The molecule has 0 spiro atoms. The quantitative estimate of drug-likeness (QED) is 0.427. The molecule has 4 aromatic rings. The maximum atomic E-state index is 13.9. The van der Waals surface area contributed by atoms with E-state index in [4.69, 9.17) is 9.15 Å². The molecule has 0 radical (unpaired) electrons. The maximum absolute atomic E-state index is 13.9. The highest BCUT2D eigenvalue weighted by Crippen LogP contribution is 2.26. The lowest BCUT2D eigenvalue weighted by Gasteiger charge is -2.11. The van der Waals surface area contributed by atoms with E-state index in [1.54, 1.807) is 35.8 Å². The summed E-state index contributed by atoms with van der Waals surface area (Å²) >= 11 is 1.50. The van der Waals surface area contributed by atoms with E-state index in [0.717, 1.165) is 5.69 Å². The summed E-state index contributed by atoms with van der Waals surface area (Å²) in [6.07, 6.45) is 1.92. The van der Waals surface area contributed by atoms with Crippen molar-refractivity contribution in [2.75, 3.05) is 5.32 Å². The normalized spacial score (nSPS) is 10.7. The number of aryl methyl sites for hydroxylation is 1. The lowest BCUT2D eigenvalue weighted by atomic mass is 10.2. The van der Waals surface area contributed by atoms with Crippen molar-refractivity contribution in [1.29, 1.82) is 0 Å². The minimum absolute atomic E-state index is 0.164. The van der Waals surface area contributed by atoms with E-state index in [1.165, 1.54) is 23.6 Å². The number of para-hydroxylation sites is 2. The molecule has 30 heavy (non-hydrogen) atoms. The third kappa shape index (κ3) is 4.90. The van der Waals surface area contributed by atoms with Crippen molar-refractivity contribution in [2.45, 2.75) is 19.4 Å². The Hall–Kier alpha value is -3.52. The van der Waals surface area contributed by atoms with E-state index >= 15 is 0 Å². The van der Waals surface area contributed by atoms with Crippen LogP contribution in [0.3, 0.4) is 0 Å². The molecule has 2 heterocycles. The van der Waals surface area contributed by atoms with Crippen LogP contribution in [-0.2, 0) is 17.8 Å². The number of nitrogens with zero attached hydrogens (tertiary/aromatic N) is 2. The Kier molecular flexibility index (Phi) is 6.14. The molecule has 0 saturated carbocycles. The van der Waals surface area contributed by atoms with Crippen LogP contribution in [0.4, 0.5) is 10.1 Å². The standard InChI is InChI=1S/C22H18FN3O3S/c23-17-6-2-1-5-16(17)20-11-24-22(29-20)10-9-21(27)26-18-7-3-4-8-19(18)28-12-15-13-30-14-25-15/h1-8,11,13-14H,9-10,12H2,(H,26,27). The lowest BCUT2D eigenvalue weighted by molar-refractivity contribution is -0.116. The molecule has 4 rings (SSSR count). The van der Waals surface area contributed by atoms with Gasteiger partial charge in [-0.3, -0.25) is 4.79 Å². The number of amides is 1. The summed E-state index contributed by atoms with van der Waals surface area (Å²) in [6.45, 7) is 0.325. The molecular formula is C22H18FN3O3S. The van der Waals surface area contributed by atoms with Crippen LogP contribution in [0.15, 0.2) is 70.0 Å². The smallest absolute Gasteiger partial charge is 0.224 e. The minimum Gasteiger partial charge on any atom is -0.485 e. The van der Waals surface area contributed by atoms with E-state index in [1.807, 2.05) is 17.5 Å². The van der Waals surface area contributed by atoms with Gasteiger partial charge >= 0.3 is 0 Å². The second-order valence-corrected chi connectivity index (χ2v) is 7.13. The van der Waals surface area contributed by atoms with Gasteiger partial charge in [-0.25, -0.2) is 14.4 Å². The number of ether oxygens (including phenoxy) is 1. The van der Waals surface area contributed by atoms with Crippen LogP contribution in [0, 0.1) is 5.82 Å². The number of aromatic nitrogens is 2. The number of nitrogens with one attached hydrogen (secondary N) is 1. The Morgan fingerprint density at radius 1 is 1.13 bits per heavy atom. The topological polar surface area (TPSA) is 77.2 Å². The zero-order chi connectivity index (χ0) is 20.8. The number of carbonyl (C=O) groups is 1. The number of oxazole rings is 1. The highest BCUT2D eigenvalue weighted by Gasteiger charge is 2.13. The second kappa shape index (κ2) is 9.32. The van der Waals surface area contributed by atoms with E-state index in [-0.39, 0.29) is 18.1 Å². The zero-order valence-corrected chi connectivity index (χ0v) is 16.7. The molecule has 2 aromatic heterocycles. The average Bonchev–Trinajstić information content (AvgIpc) is 3.44. The van der Waals surface area contributed by atoms with Crippen LogP contribution in [0.2, 0.25) is 0 Å². The fourth-order valence-corrected chi connectivity index (χ4v) is 3.34. The van der Waals surface area contributed by atoms with E-state index in [2.05, 4.69) is 15.3 Å². The fraction of sp³-hybridized carbons (Fsp3) is 0.136. The van der Waals surface area contributed by atoms with Gasteiger partial charge in [0.25, 0.3) is 0 Å². The van der Waals surface area contributed by atoms with Crippen molar-refractivity contribution in [1.82, 2.24) is 9.97 Å². The van der Waals surface area contributed by atoms with E-state index in [9.17, 15) is 9.18 Å². The van der Waals surface area contributed by atoms with E-state index < -0.39 is 0 Å². The Balaban J connectivity index is 1.34. The van der Waals surface area contributed by atoms with Crippen LogP contribution < -0.4 is 10.1 Å². The Bertz CT molecular complexity index is 1130. The molecule has 1 N–H and O–H groups in total. The van der Waals surface area contributed by atoms with Gasteiger partial charge in [0.05, 0.1) is 28.7 Å². The molecule has 8 heteroatoms. The van der Waals surface area contributed by atoms with Gasteiger partial charge in [-0.05, 0) is 24.3 Å². The van der Waals surface area contributed by atoms with Crippen molar-refractivity contribution in [3.8, 4) is 17.1 Å². The number of hydrogen-bond acceptors (Lipinski definition) is 6. The monoisotopic (exact) mass is 423 g/mol. The van der Waals surface area contributed by atoms with Gasteiger partial charge in [-0.1, -0.05) is 24.3 Å². The molecule has 0 aliphatic heterocycles. The molecule has 2 aromatic carbocycles. The molecule has 6 nitrogen and oxygen atoms in total. The number of anilines is 1. The summed E-state index contributed by atoms with van der Waals surface area (Å²) in [7, 11) is 0. The van der Waals surface area contributed by atoms with Gasteiger partial charge in [0.2, 0.25) is 5.91 Å². The third-order valence-electron chi connectivity index (χ3n) is 4.28. The van der Waals surface area contributed by atoms with Crippen LogP contribution >= 0.6 is 11.3 Å². The molecule has 0 aliphatic rings. The molecule has 1 amide bonds. The minimum atomic E-state index is -0.382. The SMILES string of the molecule is O=C(CCc1ncc(-c2ccccc2F)o1)Nc1ccccc1OCc1cscn1. The summed E-state index contributed by atoms with van der Waals surface area (Å²) in [5.74, 6) is 0.690. The first-order valence-corrected chi connectivity index (χ1v) is 10.2.